The van der Waals surface area contributed by atoms with Gasteiger partial charge in [-0.25, -0.2) is 4.79 Å². The van der Waals surface area contributed by atoms with E-state index < -0.39 is 30.5 Å². The molecule has 1 rings (SSSR count). The number of carboxylic acid groups (broad SMARTS) is 1. The van der Waals surface area contributed by atoms with Crippen LogP contribution in [0.3, 0.4) is 0 Å². The third-order valence-electron chi connectivity index (χ3n) is 2.05. The van der Waals surface area contributed by atoms with Gasteiger partial charge in [0.1, 0.15) is 11.8 Å². The Bertz CT molecular complexity index is 263. The number of halogens is 3. The highest BCUT2D eigenvalue weighted by Crippen LogP contribution is 2.30. The van der Waals surface area contributed by atoms with Gasteiger partial charge in [0.2, 0.25) is 0 Å². The lowest BCUT2D eigenvalue weighted by Crippen LogP contribution is -2.53. The molecule has 1 N–H and O–H groups in total. The van der Waals surface area contributed by atoms with Crippen molar-refractivity contribution in [2.75, 3.05) is 6.54 Å². The Morgan fingerprint density at radius 2 is 2.07 bits per heavy atom. The minimum Gasteiger partial charge on any atom is -0.465 e. The summed E-state index contributed by atoms with van der Waals surface area (Å²) in [6.07, 6.45) is -7.22. The molecule has 0 aliphatic carbocycles. The molecule has 1 aliphatic heterocycles. The molecule has 0 aromatic carbocycles. The summed E-state index contributed by atoms with van der Waals surface area (Å²) in [7, 11) is 0. The number of Topliss-reactive ketones (excluding diaryl/α,β-unsaturated/α-hetero) is 1. The zero-order chi connectivity index (χ0) is 10.9. The highest BCUT2D eigenvalue weighted by atomic mass is 19.4. The summed E-state index contributed by atoms with van der Waals surface area (Å²) in [5.41, 5.74) is 0. The molecule has 4 nitrogen and oxygen atoms in total. The van der Waals surface area contributed by atoms with E-state index in [4.69, 9.17) is 5.11 Å². The van der Waals surface area contributed by atoms with Crippen LogP contribution in [0.2, 0.25) is 0 Å². The molecule has 0 aromatic heterocycles. The summed E-state index contributed by atoms with van der Waals surface area (Å²) >= 11 is 0. The van der Waals surface area contributed by atoms with Crippen LogP contribution >= 0.6 is 0 Å². The summed E-state index contributed by atoms with van der Waals surface area (Å²) in [4.78, 5) is 21.5. The number of alkyl halides is 3. The van der Waals surface area contributed by atoms with Gasteiger partial charge in [0.25, 0.3) is 0 Å². The van der Waals surface area contributed by atoms with Crippen LogP contribution in [0.4, 0.5) is 18.0 Å². The lowest BCUT2D eigenvalue weighted by molar-refractivity contribution is -0.186. The van der Waals surface area contributed by atoms with Crippen molar-refractivity contribution in [1.82, 2.24) is 4.90 Å². The van der Waals surface area contributed by atoms with Gasteiger partial charge in [-0.1, -0.05) is 0 Å². The van der Waals surface area contributed by atoms with Gasteiger partial charge in [0.15, 0.2) is 0 Å². The van der Waals surface area contributed by atoms with E-state index in [0.29, 0.717) is 0 Å². The van der Waals surface area contributed by atoms with E-state index in [2.05, 4.69) is 0 Å². The van der Waals surface area contributed by atoms with Crippen LogP contribution in [0.15, 0.2) is 0 Å². The smallest absolute Gasteiger partial charge is 0.409 e. The molecule has 14 heavy (non-hydrogen) atoms. The van der Waals surface area contributed by atoms with Crippen molar-refractivity contribution < 1.29 is 27.9 Å². The van der Waals surface area contributed by atoms with Crippen LogP contribution in [0, 0.1) is 0 Å². The topological polar surface area (TPSA) is 57.6 Å². The summed E-state index contributed by atoms with van der Waals surface area (Å²) in [6.45, 7) is -0.377. The SMILES string of the molecule is O=C1CCN(C(=O)O)C(C(F)(F)F)C1. The minimum absolute atomic E-state index is 0.140. The number of amides is 1. The van der Waals surface area contributed by atoms with Gasteiger partial charge in [0.05, 0.1) is 0 Å². The van der Waals surface area contributed by atoms with E-state index in [1.807, 2.05) is 0 Å². The lowest BCUT2D eigenvalue weighted by atomic mass is 10.0. The number of likely N-dealkylation sites (tertiary alicyclic amines) is 1. The van der Waals surface area contributed by atoms with E-state index in [1.54, 1.807) is 0 Å². The molecule has 1 atom stereocenters. The molecule has 1 heterocycles. The maximum Gasteiger partial charge on any atom is 0.409 e. The quantitative estimate of drug-likeness (QED) is 0.656. The molecule has 1 unspecified atom stereocenters. The van der Waals surface area contributed by atoms with Crippen molar-refractivity contribution in [2.45, 2.75) is 25.1 Å². The molecule has 7 heteroatoms. The molecule has 0 bridgehead atoms. The van der Waals surface area contributed by atoms with Crippen LogP contribution in [-0.2, 0) is 4.79 Å². The molecule has 0 saturated carbocycles. The van der Waals surface area contributed by atoms with E-state index in [1.165, 1.54) is 0 Å². The molecule has 0 aromatic rings. The Morgan fingerprint density at radius 3 is 2.50 bits per heavy atom. The molecular weight excluding hydrogens is 203 g/mol. The summed E-state index contributed by atoms with van der Waals surface area (Å²) < 4.78 is 36.8. The highest BCUT2D eigenvalue weighted by molar-refractivity contribution is 5.82. The second-order valence-electron chi connectivity index (χ2n) is 3.03. The van der Waals surface area contributed by atoms with Gasteiger partial charge in [-0.15, -0.1) is 0 Å². The standard InChI is InChI=1S/C7H8F3NO3/c8-7(9,10)5-3-4(12)1-2-11(5)6(13)14/h5H,1-3H2,(H,13,14). The van der Waals surface area contributed by atoms with Crippen molar-refractivity contribution >= 4 is 11.9 Å². The predicted octanol–water partition coefficient (Wildman–Crippen LogP) is 1.26. The van der Waals surface area contributed by atoms with Gasteiger partial charge in [-0.05, 0) is 0 Å². The van der Waals surface area contributed by atoms with Crippen LogP contribution in [0.5, 0.6) is 0 Å². The fourth-order valence-electron chi connectivity index (χ4n) is 1.35. The first-order valence-electron chi connectivity index (χ1n) is 3.90. The fourth-order valence-corrected chi connectivity index (χ4v) is 1.35. The average molecular weight is 211 g/mol. The van der Waals surface area contributed by atoms with Crippen LogP contribution in [-0.4, -0.2) is 40.6 Å². The maximum absolute atomic E-state index is 12.3. The van der Waals surface area contributed by atoms with Crippen LogP contribution in [0.1, 0.15) is 12.8 Å². The number of ketones is 1. The summed E-state index contributed by atoms with van der Waals surface area (Å²) in [6, 6.07) is -2.18. The maximum atomic E-state index is 12.3. The van der Waals surface area contributed by atoms with E-state index in [0.717, 1.165) is 0 Å². The minimum atomic E-state index is -4.67. The molecule has 80 valence electrons. The van der Waals surface area contributed by atoms with Crippen LogP contribution < -0.4 is 0 Å². The third-order valence-corrected chi connectivity index (χ3v) is 2.05. The van der Waals surface area contributed by atoms with Crippen LogP contribution in [0.25, 0.3) is 0 Å². The molecule has 1 fully saturated rings. The number of nitrogens with zero attached hydrogens (tertiary/aromatic N) is 1. The number of piperidine rings is 1. The Kier molecular flexibility index (Phi) is 2.68. The molecule has 1 saturated heterocycles. The van der Waals surface area contributed by atoms with Crippen molar-refractivity contribution in [1.29, 1.82) is 0 Å². The number of rotatable bonds is 0. The van der Waals surface area contributed by atoms with Crippen molar-refractivity contribution in [3.63, 3.8) is 0 Å². The Morgan fingerprint density at radius 1 is 1.50 bits per heavy atom. The van der Waals surface area contributed by atoms with Gasteiger partial charge >= 0.3 is 12.3 Å². The van der Waals surface area contributed by atoms with Crippen molar-refractivity contribution in [2.24, 2.45) is 0 Å². The predicted molar refractivity (Wildman–Crippen MR) is 38.8 cm³/mol. The van der Waals surface area contributed by atoms with E-state index in [-0.39, 0.29) is 17.9 Å². The largest absolute Gasteiger partial charge is 0.465 e. The van der Waals surface area contributed by atoms with Gasteiger partial charge in [-0.2, -0.15) is 13.2 Å². The van der Waals surface area contributed by atoms with Gasteiger partial charge < -0.3 is 5.11 Å². The Hall–Kier alpha value is -1.27. The lowest BCUT2D eigenvalue weighted by Gasteiger charge is -2.33. The number of carbonyl (C=O) groups is 2. The fraction of sp³-hybridized carbons (Fsp3) is 0.714. The molecule has 0 radical (unpaired) electrons. The molecule has 0 spiro atoms. The number of hydrogen-bond acceptors (Lipinski definition) is 2. The number of hydrogen-bond donors (Lipinski definition) is 1. The average Bonchev–Trinajstić information content (AvgIpc) is 2.01. The second kappa shape index (κ2) is 3.47. The molecule has 1 amide bonds. The zero-order valence-electron chi connectivity index (χ0n) is 7.04. The first-order chi connectivity index (χ1) is 6.32. The first-order valence-corrected chi connectivity index (χ1v) is 3.90. The van der Waals surface area contributed by atoms with E-state index in [9.17, 15) is 22.8 Å². The van der Waals surface area contributed by atoms with Crippen molar-refractivity contribution in [3.8, 4) is 0 Å². The molecular formula is C7H8F3NO3. The second-order valence-corrected chi connectivity index (χ2v) is 3.03. The Balaban J connectivity index is 2.84. The zero-order valence-corrected chi connectivity index (χ0v) is 7.04. The van der Waals surface area contributed by atoms with Gasteiger partial charge in [0, 0.05) is 19.4 Å². The monoisotopic (exact) mass is 211 g/mol. The highest BCUT2D eigenvalue weighted by Gasteiger charge is 2.48. The van der Waals surface area contributed by atoms with Gasteiger partial charge in [-0.3, -0.25) is 9.69 Å². The van der Waals surface area contributed by atoms with E-state index >= 15 is 0 Å². The summed E-state index contributed by atoms with van der Waals surface area (Å²) in [5.74, 6) is -0.551. The Labute approximate surface area is 77.3 Å². The molecule has 1 aliphatic rings. The normalized spacial score (nSPS) is 23.8. The number of carbonyl (C=O) groups excluding carboxylic acids is 1. The first kappa shape index (κ1) is 10.8. The van der Waals surface area contributed by atoms with Crippen molar-refractivity contribution in [3.05, 3.63) is 0 Å². The third kappa shape index (κ3) is 2.15. The summed E-state index contributed by atoms with van der Waals surface area (Å²) in [5, 5.41) is 8.47.